The first kappa shape index (κ1) is 12.1. The van der Waals surface area contributed by atoms with Crippen molar-refractivity contribution in [1.82, 2.24) is 15.2 Å². The molecule has 1 aromatic heterocycles. The molecule has 0 aliphatic heterocycles. The molecule has 6 heteroatoms. The van der Waals surface area contributed by atoms with Gasteiger partial charge in [-0.2, -0.15) is 5.10 Å². The summed E-state index contributed by atoms with van der Waals surface area (Å²) < 4.78 is 0. The third kappa shape index (κ3) is 2.86. The van der Waals surface area contributed by atoms with E-state index in [4.69, 9.17) is 5.73 Å². The molecule has 2 aromatic rings. The van der Waals surface area contributed by atoms with E-state index in [1.54, 1.807) is 0 Å². The number of hydrogen-bond donors (Lipinski definition) is 2. The number of amides is 1. The second-order valence-electron chi connectivity index (χ2n) is 3.65. The minimum Gasteiger partial charge on any atom is -0.329 e. The predicted molar refractivity (Wildman–Crippen MR) is 66.7 cm³/mol. The van der Waals surface area contributed by atoms with Crippen LogP contribution in [0.25, 0.3) is 0 Å². The summed E-state index contributed by atoms with van der Waals surface area (Å²) in [5.74, 6) is -0.483. The highest BCUT2D eigenvalue weighted by Gasteiger charge is 2.19. The number of aromatic nitrogens is 3. The van der Waals surface area contributed by atoms with Crippen LogP contribution in [0.15, 0.2) is 42.7 Å². The minimum atomic E-state index is -0.421. The smallest absolute Gasteiger partial charge is 0.249 e. The van der Waals surface area contributed by atoms with Crippen molar-refractivity contribution in [2.45, 2.75) is 5.92 Å². The summed E-state index contributed by atoms with van der Waals surface area (Å²) in [6.45, 7) is 0.218. The number of carbonyl (C=O) groups is 1. The minimum absolute atomic E-state index is 0.178. The predicted octanol–water partition coefficient (Wildman–Crippen LogP) is 0.553. The van der Waals surface area contributed by atoms with E-state index >= 15 is 0 Å². The average molecular weight is 243 g/mol. The highest BCUT2D eigenvalue weighted by atomic mass is 16.2. The zero-order valence-corrected chi connectivity index (χ0v) is 9.65. The van der Waals surface area contributed by atoms with Gasteiger partial charge in [-0.25, -0.2) is 4.98 Å². The normalized spacial score (nSPS) is 11.8. The topological polar surface area (TPSA) is 93.8 Å². The van der Waals surface area contributed by atoms with Crippen molar-refractivity contribution in [2.75, 3.05) is 11.9 Å². The van der Waals surface area contributed by atoms with Gasteiger partial charge in [0.2, 0.25) is 11.9 Å². The van der Waals surface area contributed by atoms with Crippen LogP contribution in [0.1, 0.15) is 11.5 Å². The molecular formula is C12H13N5O. The first-order chi connectivity index (χ1) is 8.81. The van der Waals surface area contributed by atoms with E-state index in [1.807, 2.05) is 30.3 Å². The Morgan fingerprint density at radius 2 is 2.06 bits per heavy atom. The number of nitrogens with two attached hydrogens (primary N) is 1. The molecule has 6 nitrogen and oxygen atoms in total. The number of anilines is 1. The Kier molecular flexibility index (Phi) is 3.93. The van der Waals surface area contributed by atoms with Crippen molar-refractivity contribution in [3.63, 3.8) is 0 Å². The summed E-state index contributed by atoms with van der Waals surface area (Å²) in [4.78, 5) is 15.9. The van der Waals surface area contributed by atoms with Crippen LogP contribution in [0.2, 0.25) is 0 Å². The maximum atomic E-state index is 12.0. The van der Waals surface area contributed by atoms with Crippen LogP contribution >= 0.6 is 0 Å². The van der Waals surface area contributed by atoms with Crippen molar-refractivity contribution in [2.24, 2.45) is 5.73 Å². The fourth-order valence-corrected chi connectivity index (χ4v) is 1.58. The van der Waals surface area contributed by atoms with E-state index < -0.39 is 5.92 Å². The van der Waals surface area contributed by atoms with Gasteiger partial charge in [0.15, 0.2) is 0 Å². The molecule has 0 fully saturated rings. The number of rotatable bonds is 4. The number of nitrogens with zero attached hydrogens (tertiary/aromatic N) is 3. The first-order valence-corrected chi connectivity index (χ1v) is 5.51. The van der Waals surface area contributed by atoms with Gasteiger partial charge in [-0.15, -0.1) is 5.10 Å². The first-order valence-electron chi connectivity index (χ1n) is 5.51. The van der Waals surface area contributed by atoms with Crippen molar-refractivity contribution in [3.8, 4) is 0 Å². The summed E-state index contributed by atoms with van der Waals surface area (Å²) in [5.41, 5.74) is 6.50. The van der Waals surface area contributed by atoms with Crippen molar-refractivity contribution >= 4 is 11.9 Å². The van der Waals surface area contributed by atoms with Gasteiger partial charge in [-0.1, -0.05) is 30.3 Å². The van der Waals surface area contributed by atoms with Gasteiger partial charge in [0.1, 0.15) is 0 Å². The summed E-state index contributed by atoms with van der Waals surface area (Å²) >= 11 is 0. The lowest BCUT2D eigenvalue weighted by atomic mass is 9.98. The van der Waals surface area contributed by atoms with E-state index in [0.717, 1.165) is 5.56 Å². The molecule has 0 spiro atoms. The van der Waals surface area contributed by atoms with Crippen LogP contribution in [0.4, 0.5) is 5.95 Å². The summed E-state index contributed by atoms with van der Waals surface area (Å²) in [7, 11) is 0. The number of carbonyl (C=O) groups excluding carboxylic acids is 1. The van der Waals surface area contributed by atoms with Gasteiger partial charge in [0, 0.05) is 6.54 Å². The molecule has 1 aromatic carbocycles. The lowest BCUT2D eigenvalue weighted by Crippen LogP contribution is -2.28. The number of hydrogen-bond acceptors (Lipinski definition) is 5. The Bertz CT molecular complexity index is 502. The molecular weight excluding hydrogens is 230 g/mol. The molecule has 0 aliphatic rings. The van der Waals surface area contributed by atoms with Crippen LogP contribution in [0.5, 0.6) is 0 Å². The third-order valence-corrected chi connectivity index (χ3v) is 2.47. The molecule has 0 saturated heterocycles. The Morgan fingerprint density at radius 1 is 1.28 bits per heavy atom. The van der Waals surface area contributed by atoms with Gasteiger partial charge in [-0.3, -0.25) is 10.1 Å². The lowest BCUT2D eigenvalue weighted by Gasteiger charge is -2.13. The van der Waals surface area contributed by atoms with Crippen molar-refractivity contribution in [3.05, 3.63) is 48.3 Å². The molecule has 0 aliphatic carbocycles. The molecule has 1 atom stereocenters. The van der Waals surface area contributed by atoms with Crippen LogP contribution in [0.3, 0.4) is 0 Å². The Labute approximate surface area is 104 Å². The molecule has 1 heterocycles. The zero-order chi connectivity index (χ0) is 12.8. The van der Waals surface area contributed by atoms with Crippen LogP contribution in [0, 0.1) is 0 Å². The van der Waals surface area contributed by atoms with Crippen LogP contribution in [-0.2, 0) is 4.79 Å². The maximum absolute atomic E-state index is 12.0. The largest absolute Gasteiger partial charge is 0.329 e. The summed E-state index contributed by atoms with van der Waals surface area (Å²) in [5, 5.41) is 9.92. The van der Waals surface area contributed by atoms with Crippen molar-refractivity contribution in [1.29, 1.82) is 0 Å². The SMILES string of the molecule is NCC(C(=O)Nc1nccnn1)c1ccccc1. The Balaban J connectivity index is 2.12. The van der Waals surface area contributed by atoms with Crippen LogP contribution in [-0.4, -0.2) is 27.6 Å². The quantitative estimate of drug-likeness (QED) is 0.818. The molecule has 0 radical (unpaired) electrons. The number of nitrogens with one attached hydrogen (secondary N) is 1. The molecule has 0 bridgehead atoms. The second-order valence-corrected chi connectivity index (χ2v) is 3.65. The number of benzene rings is 1. The lowest BCUT2D eigenvalue weighted by molar-refractivity contribution is -0.117. The second kappa shape index (κ2) is 5.83. The van der Waals surface area contributed by atoms with Crippen molar-refractivity contribution < 1.29 is 4.79 Å². The zero-order valence-electron chi connectivity index (χ0n) is 9.65. The molecule has 18 heavy (non-hydrogen) atoms. The van der Waals surface area contributed by atoms with E-state index in [0.29, 0.717) is 0 Å². The van der Waals surface area contributed by atoms with Gasteiger partial charge < -0.3 is 5.73 Å². The molecule has 2 rings (SSSR count). The highest BCUT2D eigenvalue weighted by Crippen LogP contribution is 2.15. The Morgan fingerprint density at radius 3 is 2.67 bits per heavy atom. The molecule has 1 amide bonds. The fourth-order valence-electron chi connectivity index (χ4n) is 1.58. The van der Waals surface area contributed by atoms with Gasteiger partial charge in [-0.05, 0) is 5.56 Å². The Hall–Kier alpha value is -2.34. The van der Waals surface area contributed by atoms with Gasteiger partial charge >= 0.3 is 0 Å². The summed E-state index contributed by atoms with van der Waals surface area (Å²) in [6.07, 6.45) is 2.90. The van der Waals surface area contributed by atoms with Gasteiger partial charge in [0.05, 0.1) is 18.3 Å². The third-order valence-electron chi connectivity index (χ3n) is 2.47. The van der Waals surface area contributed by atoms with E-state index in [-0.39, 0.29) is 18.4 Å². The molecule has 92 valence electrons. The van der Waals surface area contributed by atoms with E-state index in [2.05, 4.69) is 20.5 Å². The van der Waals surface area contributed by atoms with Gasteiger partial charge in [0.25, 0.3) is 0 Å². The molecule has 1 unspecified atom stereocenters. The van der Waals surface area contributed by atoms with E-state index in [9.17, 15) is 4.79 Å². The van der Waals surface area contributed by atoms with Crippen LogP contribution < -0.4 is 11.1 Å². The standard InChI is InChI=1S/C12H13N5O/c13-8-10(9-4-2-1-3-5-9)11(18)16-12-14-6-7-15-17-12/h1-7,10H,8,13H2,(H,14,16,17,18). The maximum Gasteiger partial charge on any atom is 0.249 e. The molecule has 3 N–H and O–H groups in total. The fraction of sp³-hybridized carbons (Fsp3) is 0.167. The molecule has 0 saturated carbocycles. The average Bonchev–Trinajstić information content (AvgIpc) is 2.42. The highest BCUT2D eigenvalue weighted by molar-refractivity contribution is 5.94. The van der Waals surface area contributed by atoms with E-state index in [1.165, 1.54) is 12.4 Å². The monoisotopic (exact) mass is 243 g/mol. The summed E-state index contributed by atoms with van der Waals surface area (Å²) in [6, 6.07) is 9.35.